The Morgan fingerprint density at radius 3 is 2.63 bits per heavy atom. The van der Waals surface area contributed by atoms with Crippen molar-refractivity contribution in [1.29, 1.82) is 0 Å². The minimum atomic E-state index is -0.972. The van der Waals surface area contributed by atoms with Crippen LogP contribution in [0.5, 0.6) is 11.5 Å². The zero-order valence-corrected chi connectivity index (χ0v) is 16.8. The van der Waals surface area contributed by atoms with Crippen LogP contribution < -0.4 is 9.47 Å². The largest absolute Gasteiger partial charge is 0.493 e. The Labute approximate surface area is 173 Å². The van der Waals surface area contributed by atoms with Crippen molar-refractivity contribution < 1.29 is 24.2 Å². The number of hydrogen-bond donors (Lipinski definition) is 1. The first-order chi connectivity index (χ1) is 14.5. The highest BCUT2D eigenvalue weighted by atomic mass is 16.5. The van der Waals surface area contributed by atoms with Gasteiger partial charge < -0.3 is 19.5 Å². The van der Waals surface area contributed by atoms with E-state index in [1.165, 1.54) is 7.11 Å². The number of aromatic nitrogens is 1. The Bertz CT molecular complexity index is 1120. The van der Waals surface area contributed by atoms with E-state index in [1.807, 2.05) is 18.2 Å². The summed E-state index contributed by atoms with van der Waals surface area (Å²) in [6.07, 6.45) is 2.08. The van der Waals surface area contributed by atoms with Crippen LogP contribution in [0, 0.1) is 0 Å². The first-order valence-corrected chi connectivity index (χ1v) is 9.64. The summed E-state index contributed by atoms with van der Waals surface area (Å²) in [5.74, 6) is -0.0826. The number of ether oxygens (including phenoxy) is 2. The fraction of sp³-hybridized carbons (Fsp3) is 0.261. The van der Waals surface area contributed by atoms with Gasteiger partial charge in [0.25, 0.3) is 5.91 Å². The molecule has 0 saturated heterocycles. The molecule has 7 nitrogen and oxygen atoms in total. The van der Waals surface area contributed by atoms with E-state index in [2.05, 4.69) is 4.98 Å². The molecule has 1 amide bonds. The van der Waals surface area contributed by atoms with Crippen LogP contribution in [0.25, 0.3) is 10.9 Å². The number of nitrogens with zero attached hydrogens (tertiary/aromatic N) is 2. The van der Waals surface area contributed by atoms with Gasteiger partial charge in [-0.05, 0) is 47.9 Å². The van der Waals surface area contributed by atoms with E-state index in [4.69, 9.17) is 9.47 Å². The maximum absolute atomic E-state index is 13.5. The van der Waals surface area contributed by atoms with Crippen LogP contribution >= 0.6 is 0 Å². The number of hydrogen-bond acceptors (Lipinski definition) is 5. The predicted octanol–water partition coefficient (Wildman–Crippen LogP) is 3.47. The fourth-order valence-electron chi connectivity index (χ4n) is 4.10. The minimum absolute atomic E-state index is 0.197. The fourth-order valence-corrected chi connectivity index (χ4v) is 4.10. The van der Waals surface area contributed by atoms with Gasteiger partial charge in [-0.3, -0.25) is 14.6 Å². The molecule has 0 saturated carbocycles. The summed E-state index contributed by atoms with van der Waals surface area (Å²) in [5.41, 5.74) is 2.97. The summed E-state index contributed by atoms with van der Waals surface area (Å²) in [7, 11) is 3.09. The highest BCUT2D eigenvalue weighted by Gasteiger charge is 2.34. The van der Waals surface area contributed by atoms with Gasteiger partial charge in [0.1, 0.15) is 0 Å². The third-order valence-corrected chi connectivity index (χ3v) is 5.51. The molecule has 4 rings (SSSR count). The van der Waals surface area contributed by atoms with Crippen molar-refractivity contribution in [2.24, 2.45) is 0 Å². The van der Waals surface area contributed by atoms with Crippen molar-refractivity contribution in [3.05, 3.63) is 65.4 Å². The van der Waals surface area contributed by atoms with Crippen molar-refractivity contribution in [1.82, 2.24) is 9.88 Å². The lowest BCUT2D eigenvalue weighted by Crippen LogP contribution is -2.41. The van der Waals surface area contributed by atoms with Gasteiger partial charge in [0.2, 0.25) is 0 Å². The molecule has 2 heterocycles. The van der Waals surface area contributed by atoms with Crippen LogP contribution in [-0.2, 0) is 11.2 Å². The van der Waals surface area contributed by atoms with E-state index in [-0.39, 0.29) is 12.3 Å². The van der Waals surface area contributed by atoms with Gasteiger partial charge in [0.05, 0.1) is 32.2 Å². The molecule has 0 spiro atoms. The monoisotopic (exact) mass is 406 g/mol. The molecule has 1 aromatic heterocycles. The van der Waals surface area contributed by atoms with Crippen molar-refractivity contribution in [3.63, 3.8) is 0 Å². The molecular weight excluding hydrogens is 384 g/mol. The molecule has 7 heteroatoms. The Balaban J connectivity index is 1.80. The van der Waals surface area contributed by atoms with Gasteiger partial charge >= 0.3 is 5.97 Å². The van der Waals surface area contributed by atoms with Crippen LogP contribution in [-0.4, -0.2) is 47.6 Å². The van der Waals surface area contributed by atoms with E-state index in [0.717, 1.165) is 22.0 Å². The second-order valence-corrected chi connectivity index (χ2v) is 7.14. The van der Waals surface area contributed by atoms with Crippen molar-refractivity contribution in [2.45, 2.75) is 18.9 Å². The summed E-state index contributed by atoms with van der Waals surface area (Å²) >= 11 is 0. The zero-order chi connectivity index (χ0) is 21.3. The summed E-state index contributed by atoms with van der Waals surface area (Å²) in [6, 6.07) is 12.1. The van der Waals surface area contributed by atoms with Gasteiger partial charge in [-0.1, -0.05) is 12.1 Å². The third-order valence-electron chi connectivity index (χ3n) is 5.51. The number of pyridine rings is 1. The standard InChI is InChI=1S/C23H22N2O5/c1-29-20-11-14-8-10-25(19(13-22(26)27)17(14)12-21(20)30-2)23(28)16-5-3-7-18-15(16)6-4-9-24-18/h3-7,9,11-12,19H,8,10,13H2,1-2H3,(H,26,27). The maximum Gasteiger partial charge on any atom is 0.305 e. The normalized spacial score (nSPS) is 15.5. The quantitative estimate of drug-likeness (QED) is 0.698. The molecule has 0 bridgehead atoms. The van der Waals surface area contributed by atoms with E-state index in [0.29, 0.717) is 30.0 Å². The molecule has 2 aromatic carbocycles. The van der Waals surface area contributed by atoms with Gasteiger partial charge in [-0.25, -0.2) is 0 Å². The van der Waals surface area contributed by atoms with Gasteiger partial charge in [-0.2, -0.15) is 0 Å². The van der Waals surface area contributed by atoms with Crippen LogP contribution in [0.4, 0.5) is 0 Å². The Morgan fingerprint density at radius 1 is 1.13 bits per heavy atom. The first kappa shape index (κ1) is 19.7. The van der Waals surface area contributed by atoms with Crippen LogP contribution in [0.2, 0.25) is 0 Å². The van der Waals surface area contributed by atoms with Crippen LogP contribution in [0.15, 0.2) is 48.7 Å². The average molecular weight is 406 g/mol. The molecule has 1 aliphatic rings. The third kappa shape index (κ3) is 3.43. The Morgan fingerprint density at radius 2 is 1.90 bits per heavy atom. The number of carbonyl (C=O) groups is 2. The lowest BCUT2D eigenvalue weighted by Gasteiger charge is -2.37. The van der Waals surface area contributed by atoms with E-state index >= 15 is 0 Å². The Kier molecular flexibility index (Phi) is 5.27. The zero-order valence-electron chi connectivity index (χ0n) is 16.8. The molecule has 1 aliphatic heterocycles. The Hall–Kier alpha value is -3.61. The second kappa shape index (κ2) is 8.02. The number of rotatable bonds is 5. The smallest absolute Gasteiger partial charge is 0.305 e. The second-order valence-electron chi connectivity index (χ2n) is 7.14. The molecule has 0 radical (unpaired) electrons. The topological polar surface area (TPSA) is 89.0 Å². The lowest BCUT2D eigenvalue weighted by molar-refractivity contribution is -0.138. The number of benzene rings is 2. The molecule has 154 valence electrons. The number of carboxylic acids is 1. The summed E-state index contributed by atoms with van der Waals surface area (Å²) < 4.78 is 10.8. The molecule has 3 aromatic rings. The molecule has 0 aliphatic carbocycles. The lowest BCUT2D eigenvalue weighted by atomic mass is 9.89. The van der Waals surface area contributed by atoms with Crippen LogP contribution in [0.1, 0.15) is 33.9 Å². The van der Waals surface area contributed by atoms with Crippen molar-refractivity contribution >= 4 is 22.8 Å². The highest BCUT2D eigenvalue weighted by Crippen LogP contribution is 2.40. The molecular formula is C23H22N2O5. The van der Waals surface area contributed by atoms with Crippen molar-refractivity contribution in [3.8, 4) is 11.5 Å². The number of fused-ring (bicyclic) bond motifs is 2. The maximum atomic E-state index is 13.5. The number of methoxy groups -OCH3 is 2. The predicted molar refractivity (Wildman–Crippen MR) is 111 cm³/mol. The molecule has 30 heavy (non-hydrogen) atoms. The summed E-state index contributed by atoms with van der Waals surface area (Å²) in [5, 5.41) is 10.3. The van der Waals surface area contributed by atoms with E-state index in [9.17, 15) is 14.7 Å². The number of carbonyl (C=O) groups excluding carboxylic acids is 1. The van der Waals surface area contributed by atoms with Gasteiger partial charge in [0.15, 0.2) is 11.5 Å². The van der Waals surface area contributed by atoms with E-state index in [1.54, 1.807) is 42.5 Å². The highest BCUT2D eigenvalue weighted by molar-refractivity contribution is 6.06. The van der Waals surface area contributed by atoms with Crippen molar-refractivity contribution in [2.75, 3.05) is 20.8 Å². The molecule has 1 N–H and O–H groups in total. The molecule has 0 fully saturated rings. The summed E-state index contributed by atoms with van der Waals surface area (Å²) in [4.78, 5) is 31.2. The van der Waals surface area contributed by atoms with Crippen LogP contribution in [0.3, 0.4) is 0 Å². The average Bonchev–Trinajstić information content (AvgIpc) is 2.77. The molecule has 1 atom stereocenters. The SMILES string of the molecule is COc1cc2c(cc1OC)C(CC(=O)O)N(C(=O)c1cccc3ncccc13)CC2. The molecule has 1 unspecified atom stereocenters. The van der Waals surface area contributed by atoms with Gasteiger partial charge in [0, 0.05) is 23.7 Å². The number of aliphatic carboxylic acids is 1. The number of amides is 1. The van der Waals surface area contributed by atoms with Gasteiger partial charge in [-0.15, -0.1) is 0 Å². The number of carboxylic acid groups (broad SMARTS) is 1. The summed E-state index contributed by atoms with van der Waals surface area (Å²) in [6.45, 7) is 0.413. The first-order valence-electron chi connectivity index (χ1n) is 9.64. The van der Waals surface area contributed by atoms with E-state index < -0.39 is 12.0 Å². The minimum Gasteiger partial charge on any atom is -0.493 e.